The molecular formula is C22H24ClF4N5O2. The lowest BCUT2D eigenvalue weighted by Gasteiger charge is -2.45. The second-order valence-corrected chi connectivity index (χ2v) is 9.63. The number of anilines is 2. The van der Waals surface area contributed by atoms with Gasteiger partial charge in [-0.25, -0.2) is 19.2 Å². The normalized spacial score (nSPS) is 18.8. The maximum absolute atomic E-state index is 15.4. The highest BCUT2D eigenvalue weighted by Crippen LogP contribution is 2.37. The smallest absolute Gasteiger partial charge is 0.444 e. The second-order valence-electron chi connectivity index (χ2n) is 9.25. The molecule has 2 aliphatic rings. The highest BCUT2D eigenvalue weighted by Gasteiger charge is 2.38. The number of fused-ring (bicyclic) bond motifs is 3. The molecule has 1 fully saturated rings. The zero-order valence-corrected chi connectivity index (χ0v) is 19.6. The third-order valence-corrected chi connectivity index (χ3v) is 5.84. The lowest BCUT2D eigenvalue weighted by atomic mass is 9.90. The summed E-state index contributed by atoms with van der Waals surface area (Å²) in [7, 11) is 0. The van der Waals surface area contributed by atoms with Gasteiger partial charge in [0.2, 0.25) is 5.82 Å². The van der Waals surface area contributed by atoms with Crippen LogP contribution in [-0.2, 0) is 17.3 Å². The van der Waals surface area contributed by atoms with Crippen molar-refractivity contribution in [2.75, 3.05) is 31.5 Å². The summed E-state index contributed by atoms with van der Waals surface area (Å²) in [6, 6.07) is 4.06. The number of halogens is 5. The Morgan fingerprint density at radius 3 is 2.59 bits per heavy atom. The van der Waals surface area contributed by atoms with Crippen molar-refractivity contribution in [3.8, 4) is 0 Å². The summed E-state index contributed by atoms with van der Waals surface area (Å²) in [4.78, 5) is 22.9. The van der Waals surface area contributed by atoms with Crippen LogP contribution in [-0.4, -0.2) is 57.6 Å². The molecule has 2 aliphatic heterocycles. The average Bonchev–Trinajstić information content (AvgIpc) is 2.73. The van der Waals surface area contributed by atoms with E-state index < -0.39 is 34.7 Å². The number of benzene rings is 1. The largest absolute Gasteiger partial charge is 0.451 e. The number of amides is 1. The molecule has 0 saturated carbocycles. The quantitative estimate of drug-likeness (QED) is 0.451. The molecule has 184 valence electrons. The second kappa shape index (κ2) is 8.84. The van der Waals surface area contributed by atoms with Crippen molar-refractivity contribution in [2.24, 2.45) is 0 Å². The van der Waals surface area contributed by atoms with E-state index in [0.29, 0.717) is 38.2 Å². The fraction of sp³-hybridized carbons (Fsp3) is 0.500. The Balaban J connectivity index is 1.58. The first-order valence-electron chi connectivity index (χ1n) is 10.7. The van der Waals surface area contributed by atoms with E-state index in [9.17, 15) is 18.0 Å². The molecule has 1 aromatic carbocycles. The van der Waals surface area contributed by atoms with Crippen LogP contribution in [0.4, 0.5) is 33.9 Å². The number of rotatable bonds is 2. The molecule has 3 heterocycles. The van der Waals surface area contributed by atoms with Crippen molar-refractivity contribution < 1.29 is 27.1 Å². The molecule has 7 nitrogen and oxygen atoms in total. The Bertz CT molecular complexity index is 1110. The minimum Gasteiger partial charge on any atom is -0.444 e. The van der Waals surface area contributed by atoms with E-state index in [1.54, 1.807) is 31.7 Å². The molecule has 1 aromatic heterocycles. The van der Waals surface area contributed by atoms with Gasteiger partial charge >= 0.3 is 12.3 Å². The molecule has 1 saturated heterocycles. The Morgan fingerprint density at radius 2 is 1.91 bits per heavy atom. The first-order chi connectivity index (χ1) is 15.8. The Kier molecular flexibility index (Phi) is 6.36. The number of carbonyl (C=O) groups excluding carboxylic acids is 1. The minimum atomic E-state index is -4.79. The summed E-state index contributed by atoms with van der Waals surface area (Å²) in [5.41, 5.74) is 0.545. The van der Waals surface area contributed by atoms with Gasteiger partial charge in [-0.15, -0.1) is 0 Å². The summed E-state index contributed by atoms with van der Waals surface area (Å²) in [5, 5.41) is 2.18. The molecule has 34 heavy (non-hydrogen) atoms. The van der Waals surface area contributed by atoms with E-state index in [2.05, 4.69) is 20.2 Å². The van der Waals surface area contributed by atoms with Crippen molar-refractivity contribution in [2.45, 2.75) is 45.0 Å². The van der Waals surface area contributed by atoms with Gasteiger partial charge < -0.3 is 15.0 Å². The number of alkyl halides is 3. The number of hydrogen-bond donors (Lipinski definition) is 1. The van der Waals surface area contributed by atoms with Gasteiger partial charge in [0, 0.05) is 32.2 Å². The average molecular weight is 502 g/mol. The predicted octanol–water partition coefficient (Wildman–Crippen LogP) is 5.18. The van der Waals surface area contributed by atoms with Gasteiger partial charge in [0.1, 0.15) is 22.4 Å². The Hall–Kier alpha value is -2.66. The summed E-state index contributed by atoms with van der Waals surface area (Å²) in [6.45, 7) is 7.47. The molecular weight excluding hydrogens is 478 g/mol. The van der Waals surface area contributed by atoms with Gasteiger partial charge in [0.05, 0.1) is 11.7 Å². The van der Waals surface area contributed by atoms with Crippen LogP contribution in [0.1, 0.15) is 43.8 Å². The van der Waals surface area contributed by atoms with Gasteiger partial charge in [-0.05, 0) is 44.4 Å². The van der Waals surface area contributed by atoms with Gasteiger partial charge in [0.15, 0.2) is 0 Å². The SMILES string of the molecule is CC(C)(C)OC(=O)N1CCN2CCc3c(ccc(Nc4cc(Cl)nc(C(F)(F)F)n4)c3F)[C@H]2C1. The first-order valence-corrected chi connectivity index (χ1v) is 11.1. The van der Waals surface area contributed by atoms with Gasteiger partial charge in [-0.3, -0.25) is 4.90 Å². The molecule has 12 heteroatoms. The van der Waals surface area contributed by atoms with Crippen LogP contribution in [0.25, 0.3) is 0 Å². The van der Waals surface area contributed by atoms with Crippen molar-refractivity contribution in [3.63, 3.8) is 0 Å². The number of nitrogens with zero attached hydrogens (tertiary/aromatic N) is 4. The molecule has 0 aliphatic carbocycles. The predicted molar refractivity (Wildman–Crippen MR) is 118 cm³/mol. The number of carbonyl (C=O) groups is 1. The number of nitrogens with one attached hydrogen (secondary N) is 1. The lowest BCUT2D eigenvalue weighted by Crippen LogP contribution is -2.53. The van der Waals surface area contributed by atoms with Gasteiger partial charge in [-0.2, -0.15) is 13.2 Å². The molecule has 0 spiro atoms. The maximum atomic E-state index is 15.4. The maximum Gasteiger partial charge on any atom is 0.451 e. The topological polar surface area (TPSA) is 70.6 Å². The summed E-state index contributed by atoms with van der Waals surface area (Å²) in [5.74, 6) is -2.26. The highest BCUT2D eigenvalue weighted by atomic mass is 35.5. The van der Waals surface area contributed by atoms with Crippen molar-refractivity contribution >= 4 is 29.2 Å². The van der Waals surface area contributed by atoms with Crippen molar-refractivity contribution in [1.29, 1.82) is 0 Å². The first kappa shape index (κ1) is 24.5. The minimum absolute atomic E-state index is 0.0186. The number of hydrogen-bond acceptors (Lipinski definition) is 6. The molecule has 4 rings (SSSR count). The molecule has 1 amide bonds. The van der Waals surface area contributed by atoms with Crippen LogP contribution in [0.15, 0.2) is 18.2 Å². The monoisotopic (exact) mass is 501 g/mol. The third-order valence-electron chi connectivity index (χ3n) is 5.64. The molecule has 0 unspecified atom stereocenters. The molecule has 0 radical (unpaired) electrons. The Morgan fingerprint density at radius 1 is 1.18 bits per heavy atom. The van der Waals surface area contributed by atoms with E-state index in [-0.39, 0.29) is 17.5 Å². The number of piperazine rings is 1. The number of ether oxygens (including phenoxy) is 1. The van der Waals surface area contributed by atoms with Crippen molar-refractivity contribution in [1.82, 2.24) is 19.8 Å². The highest BCUT2D eigenvalue weighted by molar-refractivity contribution is 6.29. The van der Waals surface area contributed by atoms with Crippen molar-refractivity contribution in [3.05, 3.63) is 46.1 Å². The van der Waals surface area contributed by atoms with E-state index in [1.807, 2.05) is 0 Å². The molecule has 1 atom stereocenters. The standard InChI is InChI=1S/C22H24ClF4N5O2/c1-21(2,3)34-20(33)32-9-8-31-7-6-13-12(15(31)11-32)4-5-14(18(13)24)28-17-10-16(23)29-19(30-17)22(25,26)27/h4-5,10,15H,6-9,11H2,1-3H3,(H,28,29,30)/t15-/m1/s1. The molecule has 1 N–H and O–H groups in total. The van der Waals surface area contributed by atoms with E-state index in [1.165, 1.54) is 6.07 Å². The Labute approximate surface area is 199 Å². The van der Waals surface area contributed by atoms with E-state index in [0.717, 1.165) is 11.6 Å². The zero-order chi connectivity index (χ0) is 24.8. The number of aromatic nitrogens is 2. The van der Waals surface area contributed by atoms with Gasteiger partial charge in [0.25, 0.3) is 0 Å². The van der Waals surface area contributed by atoms with E-state index >= 15 is 4.39 Å². The molecule has 2 aromatic rings. The lowest BCUT2D eigenvalue weighted by molar-refractivity contribution is -0.144. The van der Waals surface area contributed by atoms with Crippen LogP contribution in [0.5, 0.6) is 0 Å². The van der Waals surface area contributed by atoms with Crippen LogP contribution < -0.4 is 5.32 Å². The fourth-order valence-corrected chi connectivity index (χ4v) is 4.36. The summed E-state index contributed by atoms with van der Waals surface area (Å²) in [6.07, 6.45) is -4.78. The summed E-state index contributed by atoms with van der Waals surface area (Å²) < 4.78 is 59.9. The van der Waals surface area contributed by atoms with Crippen LogP contribution in [0, 0.1) is 5.82 Å². The van der Waals surface area contributed by atoms with Gasteiger partial charge in [-0.1, -0.05) is 17.7 Å². The van der Waals surface area contributed by atoms with Crippen LogP contribution in [0.3, 0.4) is 0 Å². The fourth-order valence-electron chi connectivity index (χ4n) is 4.18. The van der Waals surface area contributed by atoms with Crippen LogP contribution in [0.2, 0.25) is 5.15 Å². The third kappa shape index (κ3) is 5.20. The zero-order valence-electron chi connectivity index (χ0n) is 18.8. The molecule has 0 bridgehead atoms. The van der Waals surface area contributed by atoms with Crippen LogP contribution >= 0.6 is 11.6 Å². The van der Waals surface area contributed by atoms with E-state index in [4.69, 9.17) is 16.3 Å². The summed E-state index contributed by atoms with van der Waals surface area (Å²) >= 11 is 5.70.